The van der Waals surface area contributed by atoms with Gasteiger partial charge in [0.1, 0.15) is 6.10 Å². The molecule has 0 saturated carbocycles. The summed E-state index contributed by atoms with van der Waals surface area (Å²) >= 11 is 6.00. The van der Waals surface area contributed by atoms with Crippen molar-refractivity contribution in [1.82, 2.24) is 10.3 Å². The van der Waals surface area contributed by atoms with E-state index in [-0.39, 0.29) is 11.9 Å². The second kappa shape index (κ2) is 13.7. The van der Waals surface area contributed by atoms with Crippen LogP contribution in [0, 0.1) is 11.8 Å². The van der Waals surface area contributed by atoms with Crippen molar-refractivity contribution in [1.29, 1.82) is 0 Å². The maximum absolute atomic E-state index is 13.0. The topological polar surface area (TPSA) is 92.4 Å². The van der Waals surface area contributed by atoms with E-state index in [1.54, 1.807) is 24.3 Å². The third kappa shape index (κ3) is 7.87. The van der Waals surface area contributed by atoms with Crippen molar-refractivity contribution in [2.24, 2.45) is 11.8 Å². The first kappa shape index (κ1) is 28.7. The molecule has 4 rings (SSSR count). The highest BCUT2D eigenvalue weighted by Crippen LogP contribution is 2.40. The molecule has 39 heavy (non-hydrogen) atoms. The van der Waals surface area contributed by atoms with Crippen molar-refractivity contribution in [3.05, 3.63) is 76.5 Å². The molecule has 208 valence electrons. The van der Waals surface area contributed by atoms with Gasteiger partial charge < -0.3 is 19.8 Å². The molecule has 0 saturated heterocycles. The minimum atomic E-state index is -0.468. The lowest BCUT2D eigenvalue weighted by molar-refractivity contribution is 0.0200. The van der Waals surface area contributed by atoms with Crippen LogP contribution in [0.2, 0.25) is 5.02 Å². The first-order valence-corrected chi connectivity index (χ1v) is 14.1. The number of hydrogen-bond donors (Lipinski definition) is 3. The molecule has 2 atom stereocenters. The summed E-state index contributed by atoms with van der Waals surface area (Å²) in [6.45, 7) is 8.46. The summed E-state index contributed by atoms with van der Waals surface area (Å²) in [5.41, 5.74) is 4.10. The summed E-state index contributed by atoms with van der Waals surface area (Å²) in [4.78, 5) is 28.8. The highest BCUT2D eigenvalue weighted by atomic mass is 35.5. The molecule has 1 heterocycles. The van der Waals surface area contributed by atoms with Gasteiger partial charge in [-0.3, -0.25) is 5.32 Å². The van der Waals surface area contributed by atoms with E-state index in [0.29, 0.717) is 28.8 Å². The van der Waals surface area contributed by atoms with Crippen molar-refractivity contribution < 1.29 is 19.1 Å². The Bertz CT molecular complexity index is 1300. The highest BCUT2D eigenvalue weighted by Gasteiger charge is 2.33. The average molecular weight is 552 g/mol. The standard InChI is InChI=1S/C31H38ClN3O4/c1-4-5-6-7-14-38-31(37)34-24-12-13-27-25(17-24)26-15-21(19-33-18-20(2)3)16-28(29(26)35-27)39-30(36)22-8-10-23(32)11-9-22/h4-5,8-13,17,20-21,28,33,35H,6-7,14-16,18-19H2,1-3H3,(H,34,37). The lowest BCUT2D eigenvalue weighted by Gasteiger charge is -2.30. The number of benzene rings is 2. The molecule has 1 aliphatic rings. The van der Waals surface area contributed by atoms with Crippen LogP contribution in [0.1, 0.15) is 67.8 Å². The van der Waals surface area contributed by atoms with Gasteiger partial charge in [-0.15, -0.1) is 0 Å². The van der Waals surface area contributed by atoms with Gasteiger partial charge in [-0.25, -0.2) is 9.59 Å². The molecule has 0 bridgehead atoms. The number of unbranched alkanes of at least 4 members (excludes halogenated alkanes) is 1. The van der Waals surface area contributed by atoms with E-state index in [9.17, 15) is 9.59 Å². The van der Waals surface area contributed by atoms with Crippen LogP contribution in [0.3, 0.4) is 0 Å². The maximum Gasteiger partial charge on any atom is 0.411 e. The Morgan fingerprint density at radius 2 is 1.97 bits per heavy atom. The molecule has 2 aromatic carbocycles. The number of amides is 1. The van der Waals surface area contributed by atoms with E-state index >= 15 is 0 Å². The van der Waals surface area contributed by atoms with Crippen molar-refractivity contribution in [3.63, 3.8) is 0 Å². The van der Waals surface area contributed by atoms with E-state index in [0.717, 1.165) is 60.9 Å². The summed E-state index contributed by atoms with van der Waals surface area (Å²) in [7, 11) is 0. The molecule has 1 aliphatic carbocycles. The fourth-order valence-corrected chi connectivity index (χ4v) is 5.07. The van der Waals surface area contributed by atoms with Gasteiger partial charge in [0, 0.05) is 21.6 Å². The molecule has 2 unspecified atom stereocenters. The smallest absolute Gasteiger partial charge is 0.411 e. The van der Waals surface area contributed by atoms with E-state index in [1.165, 1.54) is 0 Å². The van der Waals surface area contributed by atoms with Gasteiger partial charge in [0.05, 0.1) is 17.9 Å². The molecule has 0 radical (unpaired) electrons. The first-order chi connectivity index (χ1) is 18.8. The third-order valence-corrected chi connectivity index (χ3v) is 7.10. The summed E-state index contributed by atoms with van der Waals surface area (Å²) < 4.78 is 11.4. The van der Waals surface area contributed by atoms with Gasteiger partial charge in [0.25, 0.3) is 0 Å². The largest absolute Gasteiger partial charge is 0.452 e. The Kier molecular flexibility index (Phi) is 10.1. The quantitative estimate of drug-likeness (QED) is 0.131. The summed E-state index contributed by atoms with van der Waals surface area (Å²) in [5.74, 6) is 0.459. The van der Waals surface area contributed by atoms with E-state index in [2.05, 4.69) is 35.5 Å². The zero-order valence-corrected chi connectivity index (χ0v) is 23.6. The van der Waals surface area contributed by atoms with Crippen LogP contribution in [0.4, 0.5) is 10.5 Å². The third-order valence-electron chi connectivity index (χ3n) is 6.85. The number of anilines is 1. The van der Waals surface area contributed by atoms with Crippen molar-refractivity contribution in [2.75, 3.05) is 25.0 Å². The van der Waals surface area contributed by atoms with Crippen LogP contribution in [-0.4, -0.2) is 36.7 Å². The second-order valence-corrected chi connectivity index (χ2v) is 10.9. The summed E-state index contributed by atoms with van der Waals surface area (Å²) in [6, 6.07) is 12.5. The highest BCUT2D eigenvalue weighted by molar-refractivity contribution is 6.30. The number of ether oxygens (including phenoxy) is 2. The number of nitrogens with one attached hydrogen (secondary N) is 3. The Balaban J connectivity index is 1.53. The monoisotopic (exact) mass is 551 g/mol. The molecule has 1 aromatic heterocycles. The number of allylic oxidation sites excluding steroid dienone is 2. The molecule has 0 aliphatic heterocycles. The maximum atomic E-state index is 13.0. The Morgan fingerprint density at radius 1 is 1.18 bits per heavy atom. The predicted octanol–water partition coefficient (Wildman–Crippen LogP) is 7.43. The number of esters is 1. The zero-order valence-electron chi connectivity index (χ0n) is 22.9. The van der Waals surface area contributed by atoms with Crippen molar-refractivity contribution in [3.8, 4) is 0 Å². The summed E-state index contributed by atoms with van der Waals surface area (Å²) in [6.07, 6.45) is 6.38. The van der Waals surface area contributed by atoms with Crippen LogP contribution in [-0.2, 0) is 15.9 Å². The molecule has 0 fully saturated rings. The molecule has 0 spiro atoms. The lowest BCUT2D eigenvalue weighted by Crippen LogP contribution is -2.32. The van der Waals surface area contributed by atoms with Crippen LogP contribution < -0.4 is 10.6 Å². The second-order valence-electron chi connectivity index (χ2n) is 10.5. The van der Waals surface area contributed by atoms with Crippen molar-refractivity contribution in [2.45, 2.75) is 52.6 Å². The zero-order chi connectivity index (χ0) is 27.8. The number of rotatable bonds is 11. The molecule has 1 amide bonds. The van der Waals surface area contributed by atoms with E-state index < -0.39 is 12.2 Å². The van der Waals surface area contributed by atoms with Gasteiger partial charge in [0.15, 0.2) is 0 Å². The normalized spacial score (nSPS) is 16.9. The Morgan fingerprint density at radius 3 is 2.72 bits per heavy atom. The number of carbonyl (C=O) groups excluding carboxylic acids is 2. The molecule has 8 heteroatoms. The minimum absolute atomic E-state index is 0.289. The van der Waals surface area contributed by atoms with Gasteiger partial charge in [-0.1, -0.05) is 37.6 Å². The lowest BCUT2D eigenvalue weighted by atomic mass is 9.84. The SMILES string of the molecule is CC=CCCCOC(=O)Nc1ccc2[nH]c3c(c2c1)CC(CNCC(C)C)CC3OC(=O)c1ccc(Cl)cc1. The number of aromatic amines is 1. The minimum Gasteiger partial charge on any atom is -0.452 e. The number of H-pyrrole nitrogens is 1. The van der Waals surface area contributed by atoms with Gasteiger partial charge in [-0.2, -0.15) is 0 Å². The number of fused-ring (bicyclic) bond motifs is 3. The Labute approximate surface area is 235 Å². The number of aromatic nitrogens is 1. The van der Waals surface area contributed by atoms with Crippen LogP contribution in [0.5, 0.6) is 0 Å². The van der Waals surface area contributed by atoms with E-state index in [1.807, 2.05) is 31.2 Å². The number of carbonyl (C=O) groups is 2. The van der Waals surface area contributed by atoms with E-state index in [4.69, 9.17) is 21.1 Å². The fraction of sp³-hybridized carbons (Fsp3) is 0.419. The van der Waals surface area contributed by atoms with Crippen LogP contribution in [0.15, 0.2) is 54.6 Å². The number of hydrogen-bond acceptors (Lipinski definition) is 5. The molecular formula is C31H38ClN3O4. The van der Waals surface area contributed by atoms with Crippen LogP contribution in [0.25, 0.3) is 10.9 Å². The van der Waals surface area contributed by atoms with Gasteiger partial charge >= 0.3 is 12.1 Å². The van der Waals surface area contributed by atoms with Gasteiger partial charge in [-0.05, 0) is 106 Å². The molecular weight excluding hydrogens is 514 g/mol. The fourth-order valence-electron chi connectivity index (χ4n) is 4.94. The van der Waals surface area contributed by atoms with Gasteiger partial charge in [0.2, 0.25) is 0 Å². The predicted molar refractivity (Wildman–Crippen MR) is 156 cm³/mol. The number of halogens is 1. The van der Waals surface area contributed by atoms with Crippen LogP contribution >= 0.6 is 11.6 Å². The Hall–Kier alpha value is -3.29. The molecule has 3 aromatic rings. The average Bonchev–Trinajstić information content (AvgIpc) is 3.27. The first-order valence-electron chi connectivity index (χ1n) is 13.7. The molecule has 3 N–H and O–H groups in total. The van der Waals surface area contributed by atoms with Crippen molar-refractivity contribution >= 4 is 40.3 Å². The summed E-state index contributed by atoms with van der Waals surface area (Å²) in [5, 5.41) is 7.99. The molecule has 7 nitrogen and oxygen atoms in total.